The van der Waals surface area contributed by atoms with Crippen LogP contribution < -0.4 is 0 Å². The van der Waals surface area contributed by atoms with Crippen LogP contribution in [0.3, 0.4) is 0 Å². The van der Waals surface area contributed by atoms with Gasteiger partial charge in [-0.2, -0.15) is 0 Å². The molecule has 0 aliphatic carbocycles. The lowest BCUT2D eigenvalue weighted by atomic mass is 10.3. The molecule has 1 N–H and O–H groups in total. The fraction of sp³-hybridized carbons (Fsp3) is 0.375. The Morgan fingerprint density at radius 3 is 2.67 bits per heavy atom. The van der Waals surface area contributed by atoms with E-state index in [0.717, 1.165) is 23.8 Å². The minimum absolute atomic E-state index is 0.250. The lowest BCUT2D eigenvalue weighted by molar-refractivity contribution is -0.122. The highest BCUT2D eigenvalue weighted by atomic mass is 16.3. The van der Waals surface area contributed by atoms with Crippen LogP contribution in [0.15, 0.2) is 37.4 Å². The summed E-state index contributed by atoms with van der Waals surface area (Å²) in [5.41, 5.74) is 2.07. The summed E-state index contributed by atoms with van der Waals surface area (Å²) in [5.74, 6) is 0.923. The van der Waals surface area contributed by atoms with E-state index in [0.29, 0.717) is 12.6 Å². The number of carboxylic acid groups (broad SMARTS) is 1. The molecular formula is C16H22N6O2. The van der Waals surface area contributed by atoms with Gasteiger partial charge in [0.2, 0.25) is 0 Å². The molecule has 3 aromatic rings. The molecule has 0 aliphatic rings. The Labute approximate surface area is 140 Å². The van der Waals surface area contributed by atoms with Crippen LogP contribution in [0.1, 0.15) is 32.5 Å². The highest BCUT2D eigenvalue weighted by molar-refractivity contribution is 5.49. The molecule has 128 valence electrons. The van der Waals surface area contributed by atoms with Crippen molar-refractivity contribution in [3.8, 4) is 11.5 Å². The van der Waals surface area contributed by atoms with Gasteiger partial charge in [0.25, 0.3) is 6.47 Å². The number of nitrogens with zero attached hydrogens (tertiary/aromatic N) is 6. The number of aromatic nitrogens is 6. The van der Waals surface area contributed by atoms with Crippen molar-refractivity contribution in [1.29, 1.82) is 0 Å². The average Bonchev–Trinajstić information content (AvgIpc) is 3.28. The Morgan fingerprint density at radius 2 is 2.04 bits per heavy atom. The molecule has 3 aromatic heterocycles. The summed E-state index contributed by atoms with van der Waals surface area (Å²) in [6, 6.07) is 0.354. The van der Waals surface area contributed by atoms with Crippen molar-refractivity contribution in [2.75, 3.05) is 0 Å². The van der Waals surface area contributed by atoms with Crippen LogP contribution in [0.25, 0.3) is 11.5 Å². The fourth-order valence-corrected chi connectivity index (χ4v) is 2.39. The molecule has 8 nitrogen and oxygen atoms in total. The van der Waals surface area contributed by atoms with Crippen molar-refractivity contribution in [1.82, 2.24) is 28.7 Å². The first-order valence-corrected chi connectivity index (χ1v) is 7.72. The van der Waals surface area contributed by atoms with Crippen LogP contribution in [-0.4, -0.2) is 40.2 Å². The molecule has 0 spiro atoms. The second-order valence-electron chi connectivity index (χ2n) is 5.46. The first-order chi connectivity index (χ1) is 11.6. The zero-order chi connectivity index (χ0) is 17.5. The Morgan fingerprint density at radius 1 is 1.29 bits per heavy atom. The Kier molecular flexibility index (Phi) is 5.89. The van der Waals surface area contributed by atoms with E-state index in [1.165, 1.54) is 0 Å². The van der Waals surface area contributed by atoms with E-state index in [2.05, 4.69) is 55.6 Å². The molecule has 0 aliphatic heterocycles. The molecule has 0 saturated carbocycles. The molecule has 24 heavy (non-hydrogen) atoms. The van der Waals surface area contributed by atoms with Crippen LogP contribution in [0, 0.1) is 0 Å². The van der Waals surface area contributed by atoms with Gasteiger partial charge in [-0.25, -0.2) is 15.0 Å². The summed E-state index contributed by atoms with van der Waals surface area (Å²) in [7, 11) is 0. The Bertz CT molecular complexity index is 771. The van der Waals surface area contributed by atoms with Crippen LogP contribution in [0.4, 0.5) is 0 Å². The summed E-state index contributed by atoms with van der Waals surface area (Å²) in [6.07, 6.45) is 11.5. The van der Waals surface area contributed by atoms with Crippen molar-refractivity contribution in [3.05, 3.63) is 43.1 Å². The number of rotatable bonds is 5. The summed E-state index contributed by atoms with van der Waals surface area (Å²) in [6.45, 7) is 7.79. The van der Waals surface area contributed by atoms with Gasteiger partial charge in [0.15, 0.2) is 5.82 Å². The van der Waals surface area contributed by atoms with Crippen molar-refractivity contribution < 1.29 is 9.90 Å². The standard InChI is InChI=1S/C15H20N6.CH2O2/c1-4-19-8-13(18-11-19)9-20-6-5-17-15(20)14-7-16-10-21(14)12(2)3;2-1-3/h5-8,10-12H,4,9H2,1-3H3;1H,(H,2,3). The lowest BCUT2D eigenvalue weighted by Gasteiger charge is -2.12. The third-order valence-electron chi connectivity index (χ3n) is 3.55. The molecule has 0 atom stereocenters. The molecule has 0 saturated heterocycles. The van der Waals surface area contributed by atoms with Gasteiger partial charge in [0.1, 0.15) is 5.69 Å². The van der Waals surface area contributed by atoms with Gasteiger partial charge >= 0.3 is 0 Å². The average molecular weight is 330 g/mol. The minimum Gasteiger partial charge on any atom is -0.483 e. The quantitative estimate of drug-likeness (QED) is 0.725. The van der Waals surface area contributed by atoms with Gasteiger partial charge in [0.05, 0.1) is 31.1 Å². The highest BCUT2D eigenvalue weighted by Crippen LogP contribution is 2.21. The largest absolute Gasteiger partial charge is 0.483 e. The first-order valence-electron chi connectivity index (χ1n) is 7.72. The molecule has 0 aromatic carbocycles. The Balaban J connectivity index is 0.000000647. The summed E-state index contributed by atoms with van der Waals surface area (Å²) in [4.78, 5) is 21.5. The second-order valence-corrected chi connectivity index (χ2v) is 5.46. The SMILES string of the molecule is CCn1cnc(Cn2ccnc2-c2cncn2C(C)C)c1.O=CO. The maximum Gasteiger partial charge on any atom is 0.290 e. The predicted octanol–water partition coefficient (Wildman–Crippen LogP) is 2.29. The predicted molar refractivity (Wildman–Crippen MR) is 89.5 cm³/mol. The summed E-state index contributed by atoms with van der Waals surface area (Å²) >= 11 is 0. The van der Waals surface area contributed by atoms with Crippen LogP contribution >= 0.6 is 0 Å². The van der Waals surface area contributed by atoms with Crippen molar-refractivity contribution in [2.24, 2.45) is 0 Å². The van der Waals surface area contributed by atoms with E-state index < -0.39 is 0 Å². The van der Waals surface area contributed by atoms with Crippen LogP contribution in [0.2, 0.25) is 0 Å². The smallest absolute Gasteiger partial charge is 0.290 e. The van der Waals surface area contributed by atoms with Crippen LogP contribution in [0.5, 0.6) is 0 Å². The molecular weight excluding hydrogens is 308 g/mol. The molecule has 0 bridgehead atoms. The van der Waals surface area contributed by atoms with E-state index in [4.69, 9.17) is 9.90 Å². The number of carbonyl (C=O) groups is 1. The van der Waals surface area contributed by atoms with E-state index in [1.54, 1.807) is 0 Å². The second kappa shape index (κ2) is 8.09. The minimum atomic E-state index is -0.250. The maximum absolute atomic E-state index is 8.36. The molecule has 0 fully saturated rings. The van der Waals surface area contributed by atoms with Gasteiger partial charge < -0.3 is 18.8 Å². The van der Waals surface area contributed by atoms with Crippen molar-refractivity contribution in [2.45, 2.75) is 39.9 Å². The zero-order valence-corrected chi connectivity index (χ0v) is 14.1. The van der Waals surface area contributed by atoms with Gasteiger partial charge in [-0.3, -0.25) is 4.79 Å². The van der Waals surface area contributed by atoms with E-state index >= 15 is 0 Å². The first kappa shape index (κ1) is 17.5. The van der Waals surface area contributed by atoms with E-state index in [9.17, 15) is 0 Å². The monoisotopic (exact) mass is 330 g/mol. The molecule has 8 heteroatoms. The maximum atomic E-state index is 8.36. The normalized spacial score (nSPS) is 10.5. The Hall–Kier alpha value is -2.90. The summed E-state index contributed by atoms with van der Waals surface area (Å²) in [5, 5.41) is 6.89. The van der Waals surface area contributed by atoms with Crippen molar-refractivity contribution in [3.63, 3.8) is 0 Å². The summed E-state index contributed by atoms with van der Waals surface area (Å²) < 4.78 is 6.31. The number of hydrogen-bond acceptors (Lipinski definition) is 4. The number of imidazole rings is 3. The third kappa shape index (κ3) is 3.89. The number of hydrogen-bond donors (Lipinski definition) is 1. The van der Waals surface area contributed by atoms with Gasteiger partial charge in [-0.05, 0) is 20.8 Å². The van der Waals surface area contributed by atoms with Gasteiger partial charge in [-0.15, -0.1) is 0 Å². The molecule has 3 rings (SSSR count). The fourth-order valence-electron chi connectivity index (χ4n) is 2.39. The molecule has 0 amide bonds. The van der Waals surface area contributed by atoms with E-state index in [-0.39, 0.29) is 6.47 Å². The zero-order valence-electron chi connectivity index (χ0n) is 14.1. The highest BCUT2D eigenvalue weighted by Gasteiger charge is 2.13. The lowest BCUT2D eigenvalue weighted by Crippen LogP contribution is -2.07. The topological polar surface area (TPSA) is 90.8 Å². The van der Waals surface area contributed by atoms with E-state index in [1.807, 2.05) is 31.2 Å². The van der Waals surface area contributed by atoms with Gasteiger partial charge in [0, 0.05) is 31.2 Å². The molecule has 0 radical (unpaired) electrons. The van der Waals surface area contributed by atoms with Crippen molar-refractivity contribution >= 4 is 6.47 Å². The van der Waals surface area contributed by atoms with Gasteiger partial charge in [-0.1, -0.05) is 0 Å². The number of aryl methyl sites for hydroxylation is 1. The molecule has 3 heterocycles. The molecule has 0 unspecified atom stereocenters. The third-order valence-corrected chi connectivity index (χ3v) is 3.55. The van der Waals surface area contributed by atoms with Crippen LogP contribution in [-0.2, 0) is 17.9 Å².